The molecule has 23 heavy (non-hydrogen) atoms. The number of carbonyl (C=O) groups is 1. The fourth-order valence-electron chi connectivity index (χ4n) is 3.33. The molecule has 0 atom stereocenters. The quantitative estimate of drug-likeness (QED) is 0.658. The summed E-state index contributed by atoms with van der Waals surface area (Å²) >= 11 is 0. The van der Waals surface area contributed by atoms with Gasteiger partial charge in [-0.15, -0.1) is 0 Å². The van der Waals surface area contributed by atoms with E-state index in [1.54, 1.807) is 0 Å². The molecule has 0 bridgehead atoms. The molecule has 0 heterocycles. The second kappa shape index (κ2) is 6.14. The van der Waals surface area contributed by atoms with E-state index in [4.69, 9.17) is 4.74 Å². The lowest BCUT2D eigenvalue weighted by Gasteiger charge is -2.37. The molecule has 0 fully saturated rings. The van der Waals surface area contributed by atoms with Gasteiger partial charge in [0.05, 0.1) is 12.2 Å². The number of hydrogen-bond donors (Lipinski definition) is 0. The summed E-state index contributed by atoms with van der Waals surface area (Å²) in [4.78, 5) is 12.4. The van der Waals surface area contributed by atoms with Crippen molar-refractivity contribution in [3.63, 3.8) is 0 Å². The van der Waals surface area contributed by atoms with Crippen molar-refractivity contribution in [1.82, 2.24) is 0 Å². The summed E-state index contributed by atoms with van der Waals surface area (Å²) in [5, 5.41) is 0. The van der Waals surface area contributed by atoms with Crippen molar-refractivity contribution in [3.05, 3.63) is 34.9 Å². The summed E-state index contributed by atoms with van der Waals surface area (Å²) in [6, 6.07) is 4.19. The van der Waals surface area contributed by atoms with Crippen molar-refractivity contribution in [1.29, 1.82) is 0 Å². The summed E-state index contributed by atoms with van der Waals surface area (Å²) in [6.45, 7) is 15.7. The van der Waals surface area contributed by atoms with Gasteiger partial charge in [0.1, 0.15) is 5.75 Å². The van der Waals surface area contributed by atoms with Crippen LogP contribution in [0, 0.1) is 5.41 Å². The molecule has 0 N–H and O–H groups in total. The number of ether oxygens (including phenoxy) is 1. The topological polar surface area (TPSA) is 26.3 Å². The van der Waals surface area contributed by atoms with E-state index in [0.29, 0.717) is 13.0 Å². The Hall–Kier alpha value is -1.57. The van der Waals surface area contributed by atoms with Gasteiger partial charge in [0, 0.05) is 6.42 Å². The maximum Gasteiger partial charge on any atom is 0.166 e. The van der Waals surface area contributed by atoms with Gasteiger partial charge in [-0.2, -0.15) is 0 Å². The zero-order chi connectivity index (χ0) is 17.4. The monoisotopic (exact) mass is 314 g/mol. The average Bonchev–Trinajstić information content (AvgIpc) is 2.45. The molecular formula is C21H30O2. The standard InChI is InChI=1S/C21H30O2/c1-8-18(22)15-12-14-16(20(3,4)5)10-11-21(6,7)17(14)13-19(15)23-9-2/h10,12-13H,8-9,11H2,1-7H3. The first-order chi connectivity index (χ1) is 10.6. The van der Waals surface area contributed by atoms with Crippen LogP contribution < -0.4 is 4.74 Å². The van der Waals surface area contributed by atoms with Crippen molar-refractivity contribution < 1.29 is 9.53 Å². The first-order valence-electron chi connectivity index (χ1n) is 8.67. The maximum atomic E-state index is 12.4. The van der Waals surface area contributed by atoms with Gasteiger partial charge >= 0.3 is 0 Å². The van der Waals surface area contributed by atoms with Crippen LogP contribution in [0.25, 0.3) is 5.57 Å². The van der Waals surface area contributed by atoms with Crippen LogP contribution >= 0.6 is 0 Å². The number of allylic oxidation sites excluding steroid dienone is 2. The smallest absolute Gasteiger partial charge is 0.166 e. The summed E-state index contributed by atoms with van der Waals surface area (Å²) in [5.41, 5.74) is 4.69. The minimum Gasteiger partial charge on any atom is -0.493 e. The number of fused-ring (bicyclic) bond motifs is 1. The predicted octanol–water partition coefficient (Wildman–Crippen LogP) is 5.79. The molecule has 1 aliphatic rings. The Balaban J connectivity index is 2.74. The number of rotatable bonds is 4. The average molecular weight is 314 g/mol. The minimum absolute atomic E-state index is 0.0593. The molecule has 0 saturated heterocycles. The second-order valence-corrected chi connectivity index (χ2v) is 8.06. The Morgan fingerprint density at radius 3 is 2.39 bits per heavy atom. The molecule has 0 amide bonds. The normalized spacial score (nSPS) is 16.6. The third kappa shape index (κ3) is 3.36. The number of ketones is 1. The van der Waals surface area contributed by atoms with Gasteiger partial charge in [0.25, 0.3) is 0 Å². The molecule has 1 aromatic rings. The third-order valence-corrected chi connectivity index (χ3v) is 4.68. The zero-order valence-corrected chi connectivity index (χ0v) is 15.7. The van der Waals surface area contributed by atoms with Crippen molar-refractivity contribution in [3.8, 4) is 5.75 Å². The van der Waals surface area contributed by atoms with Crippen LogP contribution in [-0.2, 0) is 5.41 Å². The summed E-state index contributed by atoms with van der Waals surface area (Å²) in [6.07, 6.45) is 3.86. The van der Waals surface area contributed by atoms with E-state index in [0.717, 1.165) is 17.7 Å². The zero-order valence-electron chi connectivity index (χ0n) is 15.7. The van der Waals surface area contributed by atoms with Gasteiger partial charge in [0.15, 0.2) is 5.78 Å². The van der Waals surface area contributed by atoms with Crippen LogP contribution in [0.3, 0.4) is 0 Å². The maximum absolute atomic E-state index is 12.4. The number of carbonyl (C=O) groups excluding carboxylic acids is 1. The van der Waals surface area contributed by atoms with E-state index in [1.165, 1.54) is 16.7 Å². The van der Waals surface area contributed by atoms with E-state index in [9.17, 15) is 4.79 Å². The summed E-state index contributed by atoms with van der Waals surface area (Å²) in [5.74, 6) is 0.884. The van der Waals surface area contributed by atoms with Crippen LogP contribution in [0.1, 0.15) is 82.8 Å². The number of hydrogen-bond acceptors (Lipinski definition) is 2. The Morgan fingerprint density at radius 2 is 1.87 bits per heavy atom. The molecule has 2 heteroatoms. The molecule has 1 aliphatic carbocycles. The van der Waals surface area contributed by atoms with E-state index in [2.05, 4.69) is 52.8 Å². The van der Waals surface area contributed by atoms with Gasteiger partial charge in [-0.1, -0.05) is 47.6 Å². The van der Waals surface area contributed by atoms with Crippen molar-refractivity contribution in [2.45, 2.75) is 66.7 Å². The highest BCUT2D eigenvalue weighted by molar-refractivity contribution is 6.00. The van der Waals surface area contributed by atoms with Gasteiger partial charge in [-0.05, 0) is 53.0 Å². The predicted molar refractivity (Wildman–Crippen MR) is 97.3 cm³/mol. The van der Waals surface area contributed by atoms with Crippen LogP contribution in [0.5, 0.6) is 5.75 Å². The van der Waals surface area contributed by atoms with Gasteiger partial charge in [-0.3, -0.25) is 4.79 Å². The highest BCUT2D eigenvalue weighted by atomic mass is 16.5. The lowest BCUT2D eigenvalue weighted by atomic mass is 9.67. The highest BCUT2D eigenvalue weighted by Gasteiger charge is 2.34. The molecule has 0 unspecified atom stereocenters. The Morgan fingerprint density at radius 1 is 1.22 bits per heavy atom. The molecule has 0 aromatic heterocycles. The minimum atomic E-state index is 0.0593. The fourth-order valence-corrected chi connectivity index (χ4v) is 3.33. The van der Waals surface area contributed by atoms with Crippen LogP contribution in [0.2, 0.25) is 0 Å². The fraction of sp³-hybridized carbons (Fsp3) is 0.571. The SMILES string of the molecule is CCOc1cc2c(cc1C(=O)CC)C(C(C)(C)C)=CCC2(C)C. The van der Waals surface area contributed by atoms with Gasteiger partial charge in [-0.25, -0.2) is 0 Å². The largest absolute Gasteiger partial charge is 0.493 e. The molecule has 126 valence electrons. The first kappa shape index (κ1) is 17.8. The lowest BCUT2D eigenvalue weighted by molar-refractivity contribution is 0.0984. The van der Waals surface area contributed by atoms with Crippen LogP contribution in [0.15, 0.2) is 18.2 Å². The first-order valence-corrected chi connectivity index (χ1v) is 8.67. The third-order valence-electron chi connectivity index (χ3n) is 4.68. The Labute approximate surface area is 140 Å². The van der Waals surface area contributed by atoms with E-state index in [1.807, 2.05) is 13.8 Å². The lowest BCUT2D eigenvalue weighted by Crippen LogP contribution is -2.25. The molecule has 0 spiro atoms. The van der Waals surface area contributed by atoms with Crippen molar-refractivity contribution >= 4 is 11.4 Å². The number of Topliss-reactive ketones (excluding diaryl/α,β-unsaturated/α-hetero) is 1. The van der Waals surface area contributed by atoms with Crippen LogP contribution in [0.4, 0.5) is 0 Å². The molecule has 0 radical (unpaired) electrons. The molecule has 2 nitrogen and oxygen atoms in total. The molecular weight excluding hydrogens is 284 g/mol. The molecule has 2 rings (SSSR count). The summed E-state index contributed by atoms with van der Waals surface area (Å²) in [7, 11) is 0. The Bertz CT molecular complexity index is 643. The van der Waals surface area contributed by atoms with Crippen molar-refractivity contribution in [2.24, 2.45) is 5.41 Å². The molecule has 1 aromatic carbocycles. The Kier molecular flexibility index (Phi) is 4.75. The number of benzene rings is 1. The summed E-state index contributed by atoms with van der Waals surface area (Å²) < 4.78 is 5.80. The van der Waals surface area contributed by atoms with E-state index >= 15 is 0 Å². The van der Waals surface area contributed by atoms with E-state index < -0.39 is 0 Å². The van der Waals surface area contributed by atoms with Gasteiger partial charge < -0.3 is 4.74 Å². The molecule has 0 aliphatic heterocycles. The van der Waals surface area contributed by atoms with Crippen molar-refractivity contribution in [2.75, 3.05) is 6.61 Å². The van der Waals surface area contributed by atoms with Gasteiger partial charge in [0.2, 0.25) is 0 Å². The molecule has 0 saturated carbocycles. The highest BCUT2D eigenvalue weighted by Crippen LogP contribution is 2.47. The van der Waals surface area contributed by atoms with E-state index in [-0.39, 0.29) is 16.6 Å². The second-order valence-electron chi connectivity index (χ2n) is 8.06. The van der Waals surface area contributed by atoms with Crippen LogP contribution in [-0.4, -0.2) is 12.4 Å².